The molecule has 1 aliphatic rings. The standard InChI is InChI=1S/C19H24N2O2S/c1-13-7-9-16(10-8-13)23-12-17-20-15(3)18(24-17)19(22)21-11-5-4-6-14(21)2/h7-10,14H,4-6,11-12H2,1-3H3. The monoisotopic (exact) mass is 344 g/mol. The summed E-state index contributed by atoms with van der Waals surface area (Å²) in [5.41, 5.74) is 2.02. The Labute approximate surface area is 147 Å². The van der Waals surface area contributed by atoms with E-state index in [-0.39, 0.29) is 5.91 Å². The molecule has 1 aromatic carbocycles. The van der Waals surface area contributed by atoms with Gasteiger partial charge in [-0.1, -0.05) is 17.7 Å². The van der Waals surface area contributed by atoms with Crippen molar-refractivity contribution in [2.45, 2.75) is 52.7 Å². The minimum atomic E-state index is 0.124. The molecule has 1 fully saturated rings. The first-order chi connectivity index (χ1) is 11.5. The van der Waals surface area contributed by atoms with Gasteiger partial charge in [0.05, 0.1) is 5.69 Å². The van der Waals surface area contributed by atoms with Crippen molar-refractivity contribution in [3.8, 4) is 5.75 Å². The summed E-state index contributed by atoms with van der Waals surface area (Å²) < 4.78 is 5.78. The maximum Gasteiger partial charge on any atom is 0.266 e. The number of likely N-dealkylation sites (tertiary alicyclic amines) is 1. The Bertz CT molecular complexity index is 709. The zero-order chi connectivity index (χ0) is 17.1. The molecule has 1 unspecified atom stereocenters. The van der Waals surface area contributed by atoms with Gasteiger partial charge in [-0.2, -0.15) is 0 Å². The lowest BCUT2D eigenvalue weighted by Gasteiger charge is -2.33. The topological polar surface area (TPSA) is 42.4 Å². The summed E-state index contributed by atoms with van der Waals surface area (Å²) in [6, 6.07) is 8.28. The molecular weight excluding hydrogens is 320 g/mol. The molecule has 4 nitrogen and oxygen atoms in total. The molecule has 128 valence electrons. The number of thiazole rings is 1. The van der Waals surface area contributed by atoms with Gasteiger partial charge in [0.15, 0.2) is 0 Å². The minimum absolute atomic E-state index is 0.124. The van der Waals surface area contributed by atoms with Crippen LogP contribution in [0.1, 0.15) is 52.1 Å². The number of aromatic nitrogens is 1. The van der Waals surface area contributed by atoms with E-state index in [4.69, 9.17) is 4.74 Å². The first kappa shape index (κ1) is 17.0. The molecule has 0 saturated carbocycles. The van der Waals surface area contributed by atoms with Crippen molar-refractivity contribution in [1.82, 2.24) is 9.88 Å². The molecule has 1 saturated heterocycles. The zero-order valence-corrected chi connectivity index (χ0v) is 15.4. The molecule has 1 aromatic heterocycles. The SMILES string of the molecule is Cc1ccc(OCc2nc(C)c(C(=O)N3CCCCC3C)s2)cc1. The molecule has 2 heterocycles. The summed E-state index contributed by atoms with van der Waals surface area (Å²) in [4.78, 5) is 20.1. The Morgan fingerprint density at radius 2 is 2.04 bits per heavy atom. The van der Waals surface area contributed by atoms with Crippen LogP contribution in [0.2, 0.25) is 0 Å². The number of rotatable bonds is 4. The average molecular weight is 344 g/mol. The lowest BCUT2D eigenvalue weighted by atomic mass is 10.0. The summed E-state index contributed by atoms with van der Waals surface area (Å²) in [7, 11) is 0. The van der Waals surface area contributed by atoms with E-state index in [1.54, 1.807) is 0 Å². The van der Waals surface area contributed by atoms with Gasteiger partial charge in [-0.3, -0.25) is 4.79 Å². The quantitative estimate of drug-likeness (QED) is 0.828. The lowest BCUT2D eigenvalue weighted by Crippen LogP contribution is -2.41. The molecule has 1 aliphatic heterocycles. The summed E-state index contributed by atoms with van der Waals surface area (Å²) in [6.45, 7) is 7.35. The number of aryl methyl sites for hydroxylation is 2. The Morgan fingerprint density at radius 1 is 1.29 bits per heavy atom. The number of piperidine rings is 1. The molecule has 0 radical (unpaired) electrons. The van der Waals surface area contributed by atoms with Gasteiger partial charge in [-0.15, -0.1) is 11.3 Å². The molecular formula is C19H24N2O2S. The highest BCUT2D eigenvalue weighted by Gasteiger charge is 2.27. The van der Waals surface area contributed by atoms with Crippen LogP contribution in [0.15, 0.2) is 24.3 Å². The fourth-order valence-electron chi connectivity index (χ4n) is 3.02. The number of nitrogens with zero attached hydrogens (tertiary/aromatic N) is 2. The second kappa shape index (κ2) is 7.34. The predicted octanol–water partition coefficient (Wildman–Crippen LogP) is 4.35. The van der Waals surface area contributed by atoms with Gasteiger partial charge in [0.2, 0.25) is 0 Å². The fourth-order valence-corrected chi connectivity index (χ4v) is 3.96. The average Bonchev–Trinajstić information content (AvgIpc) is 2.95. The third kappa shape index (κ3) is 3.78. The number of ether oxygens (including phenoxy) is 1. The third-order valence-corrected chi connectivity index (χ3v) is 5.60. The van der Waals surface area contributed by atoms with Gasteiger partial charge in [0.25, 0.3) is 5.91 Å². The summed E-state index contributed by atoms with van der Waals surface area (Å²) in [6.07, 6.45) is 3.40. The van der Waals surface area contributed by atoms with E-state index in [0.29, 0.717) is 12.6 Å². The number of carbonyl (C=O) groups excluding carboxylic acids is 1. The summed E-state index contributed by atoms with van der Waals surface area (Å²) in [5.74, 6) is 0.949. The van der Waals surface area contributed by atoms with Crippen LogP contribution in [0, 0.1) is 13.8 Å². The van der Waals surface area contributed by atoms with E-state index in [9.17, 15) is 4.79 Å². The third-order valence-electron chi connectivity index (χ3n) is 4.48. The van der Waals surface area contributed by atoms with E-state index in [1.165, 1.54) is 23.3 Å². The van der Waals surface area contributed by atoms with E-state index in [1.807, 2.05) is 43.0 Å². The summed E-state index contributed by atoms with van der Waals surface area (Å²) in [5, 5.41) is 0.848. The minimum Gasteiger partial charge on any atom is -0.486 e. The van der Waals surface area contributed by atoms with Crippen LogP contribution in [-0.4, -0.2) is 28.4 Å². The van der Waals surface area contributed by atoms with Gasteiger partial charge in [-0.05, 0) is 52.2 Å². The Balaban J connectivity index is 1.68. The largest absolute Gasteiger partial charge is 0.486 e. The molecule has 1 amide bonds. The molecule has 1 atom stereocenters. The zero-order valence-electron chi connectivity index (χ0n) is 14.5. The van der Waals surface area contributed by atoms with Crippen LogP contribution < -0.4 is 4.74 Å². The van der Waals surface area contributed by atoms with Gasteiger partial charge in [-0.25, -0.2) is 4.98 Å². The molecule has 5 heteroatoms. The molecule has 3 rings (SSSR count). The lowest BCUT2D eigenvalue weighted by molar-refractivity contribution is 0.0639. The van der Waals surface area contributed by atoms with Crippen LogP contribution in [0.3, 0.4) is 0 Å². The first-order valence-corrected chi connectivity index (χ1v) is 9.33. The molecule has 2 aromatic rings. The van der Waals surface area contributed by atoms with Crippen molar-refractivity contribution in [2.75, 3.05) is 6.54 Å². The molecule has 0 N–H and O–H groups in total. The molecule has 0 bridgehead atoms. The van der Waals surface area contributed by atoms with E-state index < -0.39 is 0 Å². The van der Waals surface area contributed by atoms with Crippen molar-refractivity contribution in [2.24, 2.45) is 0 Å². The maximum absolute atomic E-state index is 12.8. The van der Waals surface area contributed by atoms with Crippen LogP contribution in [0.5, 0.6) is 5.75 Å². The predicted molar refractivity (Wildman–Crippen MR) is 96.7 cm³/mol. The fraction of sp³-hybridized carbons (Fsp3) is 0.474. The smallest absolute Gasteiger partial charge is 0.266 e. The van der Waals surface area contributed by atoms with Crippen molar-refractivity contribution in [1.29, 1.82) is 0 Å². The van der Waals surface area contributed by atoms with E-state index in [2.05, 4.69) is 11.9 Å². The number of carbonyl (C=O) groups is 1. The number of hydrogen-bond donors (Lipinski definition) is 0. The summed E-state index contributed by atoms with van der Waals surface area (Å²) >= 11 is 1.46. The Kier molecular flexibility index (Phi) is 5.19. The number of benzene rings is 1. The normalized spacial score (nSPS) is 17.8. The van der Waals surface area contributed by atoms with Crippen molar-refractivity contribution < 1.29 is 9.53 Å². The second-order valence-electron chi connectivity index (χ2n) is 6.47. The number of amides is 1. The Hall–Kier alpha value is -1.88. The highest BCUT2D eigenvalue weighted by Crippen LogP contribution is 2.25. The first-order valence-electron chi connectivity index (χ1n) is 8.51. The highest BCUT2D eigenvalue weighted by atomic mass is 32.1. The van der Waals surface area contributed by atoms with Crippen molar-refractivity contribution in [3.63, 3.8) is 0 Å². The highest BCUT2D eigenvalue weighted by molar-refractivity contribution is 7.13. The van der Waals surface area contributed by atoms with Gasteiger partial charge in [0.1, 0.15) is 22.2 Å². The Morgan fingerprint density at radius 3 is 2.75 bits per heavy atom. The van der Waals surface area contributed by atoms with Gasteiger partial charge >= 0.3 is 0 Å². The van der Waals surface area contributed by atoms with Crippen LogP contribution in [0.25, 0.3) is 0 Å². The molecule has 0 aliphatic carbocycles. The molecule has 0 spiro atoms. The van der Waals surface area contributed by atoms with Crippen LogP contribution in [-0.2, 0) is 6.61 Å². The maximum atomic E-state index is 12.8. The van der Waals surface area contributed by atoms with Crippen molar-refractivity contribution >= 4 is 17.2 Å². The number of hydrogen-bond acceptors (Lipinski definition) is 4. The van der Waals surface area contributed by atoms with Gasteiger partial charge < -0.3 is 9.64 Å². The van der Waals surface area contributed by atoms with Crippen LogP contribution >= 0.6 is 11.3 Å². The van der Waals surface area contributed by atoms with Crippen molar-refractivity contribution in [3.05, 3.63) is 45.4 Å². The van der Waals surface area contributed by atoms with E-state index >= 15 is 0 Å². The van der Waals surface area contributed by atoms with E-state index in [0.717, 1.165) is 40.7 Å². The van der Waals surface area contributed by atoms with Crippen LogP contribution in [0.4, 0.5) is 0 Å². The van der Waals surface area contributed by atoms with Gasteiger partial charge in [0, 0.05) is 12.6 Å². The molecule has 24 heavy (non-hydrogen) atoms. The second-order valence-corrected chi connectivity index (χ2v) is 7.55.